The van der Waals surface area contributed by atoms with Gasteiger partial charge in [0.15, 0.2) is 5.56 Å². The Kier molecular flexibility index (Phi) is 6.26. The number of imidazole rings is 1. The highest BCUT2D eigenvalue weighted by molar-refractivity contribution is 6.20. The second-order valence-corrected chi connectivity index (χ2v) is 7.18. The summed E-state index contributed by atoms with van der Waals surface area (Å²) in [6, 6.07) is 16.4. The molecule has 1 heterocycles. The second kappa shape index (κ2) is 9.24. The second-order valence-electron chi connectivity index (χ2n) is 6.78. The van der Waals surface area contributed by atoms with Crippen LogP contribution in [0.4, 0.5) is 8.78 Å². The van der Waals surface area contributed by atoms with Gasteiger partial charge in [-0.1, -0.05) is 29.8 Å². The van der Waals surface area contributed by atoms with Crippen LogP contribution in [0.25, 0.3) is 11.0 Å². The lowest BCUT2D eigenvalue weighted by Gasteiger charge is -2.12. The Balaban J connectivity index is 1.26. The maximum atomic E-state index is 13.6. The van der Waals surface area contributed by atoms with Crippen molar-refractivity contribution in [2.75, 3.05) is 6.61 Å². The Morgan fingerprint density at radius 1 is 1.00 bits per heavy atom. The number of ether oxygens (including phenoxy) is 2. The molecule has 0 fully saturated rings. The molecule has 30 heavy (non-hydrogen) atoms. The fourth-order valence-corrected chi connectivity index (χ4v) is 3.26. The highest BCUT2D eigenvalue weighted by Crippen LogP contribution is 2.25. The van der Waals surface area contributed by atoms with Crippen LogP contribution in [-0.2, 0) is 17.8 Å². The molecule has 0 amide bonds. The molecule has 1 atom stereocenters. The number of halogens is 3. The fourth-order valence-electron chi connectivity index (χ4n) is 3.03. The van der Waals surface area contributed by atoms with Crippen molar-refractivity contribution in [1.82, 2.24) is 9.97 Å². The van der Waals surface area contributed by atoms with Crippen LogP contribution >= 0.6 is 11.6 Å². The zero-order valence-corrected chi connectivity index (χ0v) is 16.7. The normalized spacial score (nSPS) is 12.2. The number of benzene rings is 3. The highest BCUT2D eigenvalue weighted by atomic mass is 35.5. The van der Waals surface area contributed by atoms with E-state index in [2.05, 4.69) is 9.97 Å². The summed E-state index contributed by atoms with van der Waals surface area (Å²) in [6.45, 7) is 0.405. The molecule has 1 N–H and O–H groups in total. The summed E-state index contributed by atoms with van der Waals surface area (Å²) in [6.07, 6.45) is 2.31. The van der Waals surface area contributed by atoms with Gasteiger partial charge in [-0.2, -0.15) is 0 Å². The van der Waals surface area contributed by atoms with E-state index in [-0.39, 0.29) is 12.2 Å². The first-order valence-electron chi connectivity index (χ1n) is 9.43. The summed E-state index contributed by atoms with van der Waals surface area (Å²) in [7, 11) is 0. The van der Waals surface area contributed by atoms with Crippen molar-refractivity contribution in [3.05, 3.63) is 95.3 Å². The Bertz CT molecular complexity index is 1130. The third-order valence-corrected chi connectivity index (χ3v) is 5.07. The first-order chi connectivity index (χ1) is 14.6. The van der Waals surface area contributed by atoms with Gasteiger partial charge >= 0.3 is 0 Å². The number of aromatic nitrogens is 2. The molecule has 1 unspecified atom stereocenters. The van der Waals surface area contributed by atoms with Crippen molar-refractivity contribution in [2.24, 2.45) is 0 Å². The molecule has 7 heteroatoms. The molecule has 0 aliphatic carbocycles. The van der Waals surface area contributed by atoms with Crippen LogP contribution < -0.4 is 4.74 Å². The van der Waals surface area contributed by atoms with E-state index in [1.54, 1.807) is 18.5 Å². The maximum Gasteiger partial charge on any atom is 0.156 e. The van der Waals surface area contributed by atoms with Gasteiger partial charge in [-0.15, -0.1) is 0 Å². The van der Waals surface area contributed by atoms with Crippen molar-refractivity contribution in [3.8, 4) is 5.75 Å². The summed E-state index contributed by atoms with van der Waals surface area (Å²) in [5.41, 5.74) is 3.31. The predicted molar refractivity (Wildman–Crippen MR) is 111 cm³/mol. The topological polar surface area (TPSA) is 47.1 Å². The molecule has 4 nitrogen and oxygen atoms in total. The molecule has 0 radical (unpaired) electrons. The summed E-state index contributed by atoms with van der Waals surface area (Å²) in [5.74, 6) is -0.412. The molecule has 3 aromatic carbocycles. The SMILES string of the molecule is Fc1ccc(F)c(COc2ccc(CCOC(Cl)c3ccc4[nH]cnc4c3)cc2)c1. The molecular weight excluding hydrogens is 410 g/mol. The predicted octanol–water partition coefficient (Wildman–Crippen LogP) is 5.92. The van der Waals surface area contributed by atoms with E-state index in [9.17, 15) is 8.78 Å². The van der Waals surface area contributed by atoms with E-state index < -0.39 is 17.2 Å². The highest BCUT2D eigenvalue weighted by Gasteiger charge is 2.10. The van der Waals surface area contributed by atoms with Gasteiger partial charge in [0.2, 0.25) is 0 Å². The number of hydrogen-bond donors (Lipinski definition) is 1. The minimum atomic E-state index is -0.560. The molecular formula is C23H19ClF2N2O2. The third-order valence-electron chi connectivity index (χ3n) is 4.69. The fraction of sp³-hybridized carbons (Fsp3) is 0.174. The van der Waals surface area contributed by atoms with E-state index >= 15 is 0 Å². The average molecular weight is 429 g/mol. The summed E-state index contributed by atoms with van der Waals surface area (Å²) < 4.78 is 38.1. The van der Waals surface area contributed by atoms with Crippen LogP contribution in [0.1, 0.15) is 22.3 Å². The lowest BCUT2D eigenvalue weighted by atomic mass is 10.1. The number of nitrogens with one attached hydrogen (secondary N) is 1. The van der Waals surface area contributed by atoms with E-state index in [0.29, 0.717) is 18.8 Å². The molecule has 4 rings (SSSR count). The van der Waals surface area contributed by atoms with Gasteiger partial charge in [0.05, 0.1) is 24.0 Å². The largest absolute Gasteiger partial charge is 0.489 e. The molecule has 0 saturated carbocycles. The lowest BCUT2D eigenvalue weighted by molar-refractivity contribution is 0.111. The van der Waals surface area contributed by atoms with Gasteiger partial charge in [0.25, 0.3) is 0 Å². The number of hydrogen-bond acceptors (Lipinski definition) is 3. The van der Waals surface area contributed by atoms with Gasteiger partial charge in [0.1, 0.15) is 24.0 Å². The first kappa shape index (κ1) is 20.3. The number of nitrogens with zero attached hydrogens (tertiary/aromatic N) is 1. The number of fused-ring (bicyclic) bond motifs is 1. The van der Waals surface area contributed by atoms with Crippen LogP contribution in [0.3, 0.4) is 0 Å². The van der Waals surface area contributed by atoms with E-state index in [1.807, 2.05) is 30.3 Å². The molecule has 154 valence electrons. The van der Waals surface area contributed by atoms with Gasteiger partial charge in [-0.3, -0.25) is 0 Å². The van der Waals surface area contributed by atoms with Crippen LogP contribution in [0.5, 0.6) is 5.75 Å². The van der Waals surface area contributed by atoms with Gasteiger partial charge in [-0.25, -0.2) is 13.8 Å². The molecule has 1 aromatic heterocycles. The van der Waals surface area contributed by atoms with Crippen molar-refractivity contribution < 1.29 is 18.3 Å². The zero-order valence-electron chi connectivity index (χ0n) is 15.9. The molecule has 0 spiro atoms. The van der Waals surface area contributed by atoms with E-state index in [0.717, 1.165) is 40.4 Å². The van der Waals surface area contributed by atoms with Crippen LogP contribution in [-0.4, -0.2) is 16.6 Å². The number of rotatable bonds is 8. The van der Waals surface area contributed by atoms with Crippen molar-refractivity contribution >= 4 is 22.6 Å². The number of H-pyrrole nitrogens is 1. The van der Waals surface area contributed by atoms with Crippen molar-refractivity contribution in [2.45, 2.75) is 18.6 Å². The molecule has 0 saturated heterocycles. The van der Waals surface area contributed by atoms with Gasteiger partial charge < -0.3 is 14.5 Å². The molecule has 0 aliphatic rings. The molecule has 0 aliphatic heterocycles. The lowest BCUT2D eigenvalue weighted by Crippen LogP contribution is -2.03. The summed E-state index contributed by atoms with van der Waals surface area (Å²) in [5, 5.41) is 0. The number of aromatic amines is 1. The van der Waals surface area contributed by atoms with E-state index in [1.165, 1.54) is 0 Å². The van der Waals surface area contributed by atoms with Crippen LogP contribution in [0, 0.1) is 11.6 Å². The molecule has 0 bridgehead atoms. The summed E-state index contributed by atoms with van der Waals surface area (Å²) >= 11 is 6.35. The Labute approximate surface area is 177 Å². The van der Waals surface area contributed by atoms with E-state index in [4.69, 9.17) is 21.1 Å². The van der Waals surface area contributed by atoms with Crippen LogP contribution in [0.2, 0.25) is 0 Å². The zero-order chi connectivity index (χ0) is 20.9. The molecule has 4 aromatic rings. The third kappa shape index (κ3) is 4.96. The Morgan fingerprint density at radius 2 is 1.83 bits per heavy atom. The Morgan fingerprint density at radius 3 is 2.67 bits per heavy atom. The minimum absolute atomic E-state index is 0.0413. The monoisotopic (exact) mass is 428 g/mol. The van der Waals surface area contributed by atoms with Crippen LogP contribution in [0.15, 0.2) is 67.0 Å². The average Bonchev–Trinajstić information content (AvgIpc) is 3.23. The number of alkyl halides is 1. The summed E-state index contributed by atoms with van der Waals surface area (Å²) in [4.78, 5) is 7.26. The van der Waals surface area contributed by atoms with Gasteiger partial charge in [0, 0.05) is 5.56 Å². The van der Waals surface area contributed by atoms with Crippen molar-refractivity contribution in [1.29, 1.82) is 0 Å². The minimum Gasteiger partial charge on any atom is -0.489 e. The first-order valence-corrected chi connectivity index (χ1v) is 9.86. The maximum absolute atomic E-state index is 13.6. The smallest absolute Gasteiger partial charge is 0.156 e. The Hall–Kier alpha value is -2.96. The van der Waals surface area contributed by atoms with Gasteiger partial charge in [-0.05, 0) is 60.0 Å². The van der Waals surface area contributed by atoms with Crippen molar-refractivity contribution in [3.63, 3.8) is 0 Å². The quantitative estimate of drug-likeness (QED) is 0.354. The standard InChI is InChI=1S/C23H19ClF2N2O2/c24-23(16-3-8-21-22(12-16)28-14-27-21)29-10-9-15-1-5-19(6-2-15)30-13-17-11-18(25)4-7-20(17)26/h1-8,11-12,14,23H,9-10,13H2,(H,27,28).